The summed E-state index contributed by atoms with van der Waals surface area (Å²) >= 11 is 0. The number of nitrogens with zero attached hydrogens (tertiary/aromatic N) is 4. The van der Waals surface area contributed by atoms with E-state index >= 15 is 0 Å². The molecule has 2 heterocycles. The number of fused-ring (bicyclic) bond motifs is 1. The van der Waals surface area contributed by atoms with Crippen LogP contribution >= 0.6 is 0 Å². The summed E-state index contributed by atoms with van der Waals surface area (Å²) in [5.74, 6) is -0.563. The SMILES string of the molecule is CCn1cnc2c(F)ncnc21. The third-order valence-electron chi connectivity index (χ3n) is 1.70. The summed E-state index contributed by atoms with van der Waals surface area (Å²) in [6.45, 7) is 2.67. The topological polar surface area (TPSA) is 43.6 Å². The fraction of sp³-hybridized carbons (Fsp3) is 0.286. The molecule has 0 saturated heterocycles. The van der Waals surface area contributed by atoms with E-state index in [-0.39, 0.29) is 5.52 Å². The quantitative estimate of drug-likeness (QED) is 0.593. The van der Waals surface area contributed by atoms with Crippen LogP contribution in [0.15, 0.2) is 12.7 Å². The van der Waals surface area contributed by atoms with Gasteiger partial charge in [-0.2, -0.15) is 4.39 Å². The molecule has 2 aromatic rings. The molecule has 0 aromatic carbocycles. The average molecular weight is 166 g/mol. The van der Waals surface area contributed by atoms with Crippen molar-refractivity contribution < 1.29 is 4.39 Å². The maximum absolute atomic E-state index is 12.9. The lowest BCUT2D eigenvalue weighted by Gasteiger charge is -1.95. The summed E-state index contributed by atoms with van der Waals surface area (Å²) in [5.41, 5.74) is 0.782. The van der Waals surface area contributed by atoms with Crippen molar-refractivity contribution in [2.45, 2.75) is 13.5 Å². The number of hydrogen-bond acceptors (Lipinski definition) is 3. The van der Waals surface area contributed by atoms with Crippen LogP contribution in [0.25, 0.3) is 11.2 Å². The molecule has 0 bridgehead atoms. The lowest BCUT2D eigenvalue weighted by Crippen LogP contribution is -1.94. The first-order valence-corrected chi connectivity index (χ1v) is 3.64. The third-order valence-corrected chi connectivity index (χ3v) is 1.70. The van der Waals surface area contributed by atoms with Gasteiger partial charge < -0.3 is 4.57 Å². The number of aromatic nitrogens is 4. The zero-order valence-electron chi connectivity index (χ0n) is 6.53. The van der Waals surface area contributed by atoms with E-state index in [0.29, 0.717) is 5.65 Å². The van der Waals surface area contributed by atoms with Crippen LogP contribution in [0.3, 0.4) is 0 Å². The molecule has 0 unspecified atom stereocenters. The number of rotatable bonds is 1. The van der Waals surface area contributed by atoms with Crippen LogP contribution in [0.5, 0.6) is 0 Å². The molecule has 0 fully saturated rings. The summed E-state index contributed by atoms with van der Waals surface area (Å²) in [6, 6.07) is 0. The molecule has 0 saturated carbocycles. The van der Waals surface area contributed by atoms with Gasteiger partial charge in [0.2, 0.25) is 5.95 Å². The smallest absolute Gasteiger partial charge is 0.244 e. The number of hydrogen-bond donors (Lipinski definition) is 0. The monoisotopic (exact) mass is 166 g/mol. The zero-order chi connectivity index (χ0) is 8.55. The van der Waals surface area contributed by atoms with Crippen molar-refractivity contribution in [1.29, 1.82) is 0 Å². The predicted molar refractivity (Wildman–Crippen MR) is 41.0 cm³/mol. The molecule has 5 heteroatoms. The molecule has 0 aliphatic rings. The predicted octanol–water partition coefficient (Wildman–Crippen LogP) is 0.985. The normalized spacial score (nSPS) is 10.8. The lowest BCUT2D eigenvalue weighted by atomic mass is 10.5. The second-order valence-electron chi connectivity index (χ2n) is 2.37. The van der Waals surface area contributed by atoms with Crippen LogP contribution in [-0.4, -0.2) is 19.5 Å². The van der Waals surface area contributed by atoms with Crippen LogP contribution < -0.4 is 0 Å². The molecule has 0 aliphatic carbocycles. The van der Waals surface area contributed by atoms with Crippen LogP contribution in [0.2, 0.25) is 0 Å². The van der Waals surface area contributed by atoms with Gasteiger partial charge >= 0.3 is 0 Å². The summed E-state index contributed by atoms with van der Waals surface area (Å²) in [7, 11) is 0. The Hall–Kier alpha value is -1.52. The van der Waals surface area contributed by atoms with Gasteiger partial charge in [-0.1, -0.05) is 0 Å². The van der Waals surface area contributed by atoms with Gasteiger partial charge in [-0.25, -0.2) is 15.0 Å². The van der Waals surface area contributed by atoms with E-state index in [9.17, 15) is 4.39 Å². The van der Waals surface area contributed by atoms with E-state index < -0.39 is 5.95 Å². The first kappa shape index (κ1) is 7.15. The molecular formula is C7H7FN4. The Morgan fingerprint density at radius 3 is 3.00 bits per heavy atom. The molecule has 0 aliphatic heterocycles. The standard InChI is InChI=1S/C7H7FN4/c1-2-12-4-11-5-6(8)9-3-10-7(5)12/h3-4H,2H2,1H3. The van der Waals surface area contributed by atoms with Gasteiger partial charge in [-0.15, -0.1) is 0 Å². The van der Waals surface area contributed by atoms with Crippen molar-refractivity contribution in [3.05, 3.63) is 18.6 Å². The highest BCUT2D eigenvalue weighted by Gasteiger charge is 2.07. The van der Waals surface area contributed by atoms with Crippen molar-refractivity contribution >= 4 is 11.2 Å². The molecule has 12 heavy (non-hydrogen) atoms. The van der Waals surface area contributed by atoms with Crippen molar-refractivity contribution in [2.24, 2.45) is 0 Å². The zero-order valence-corrected chi connectivity index (χ0v) is 6.53. The van der Waals surface area contributed by atoms with Crippen molar-refractivity contribution in [2.75, 3.05) is 0 Å². The maximum atomic E-state index is 12.9. The van der Waals surface area contributed by atoms with Gasteiger partial charge in [0.25, 0.3) is 0 Å². The summed E-state index contributed by atoms with van der Waals surface area (Å²) in [6.07, 6.45) is 2.76. The molecular weight excluding hydrogens is 159 g/mol. The fourth-order valence-electron chi connectivity index (χ4n) is 1.08. The largest absolute Gasteiger partial charge is 0.315 e. The lowest BCUT2D eigenvalue weighted by molar-refractivity contribution is 0.590. The molecule has 2 aromatic heterocycles. The Kier molecular flexibility index (Phi) is 1.49. The minimum Gasteiger partial charge on any atom is -0.315 e. The Morgan fingerprint density at radius 1 is 1.42 bits per heavy atom. The molecule has 0 atom stereocenters. The Balaban J connectivity index is 2.80. The number of aryl methyl sites for hydroxylation is 1. The Bertz CT molecular complexity index is 409. The summed E-state index contributed by atoms with van der Waals surface area (Å²) < 4.78 is 14.7. The number of imidazole rings is 1. The first-order chi connectivity index (χ1) is 5.83. The van der Waals surface area contributed by atoms with Crippen LogP contribution in [0.1, 0.15) is 6.92 Å². The van der Waals surface area contributed by atoms with Gasteiger partial charge in [0.1, 0.15) is 6.33 Å². The van der Waals surface area contributed by atoms with Crippen LogP contribution in [0, 0.1) is 5.95 Å². The summed E-state index contributed by atoms with van der Waals surface area (Å²) in [5, 5.41) is 0. The number of halogens is 1. The second-order valence-corrected chi connectivity index (χ2v) is 2.37. The average Bonchev–Trinajstić information content (AvgIpc) is 2.49. The van der Waals surface area contributed by atoms with Gasteiger partial charge in [-0.05, 0) is 6.92 Å². The molecule has 4 nitrogen and oxygen atoms in total. The molecule has 0 spiro atoms. The van der Waals surface area contributed by atoms with Crippen molar-refractivity contribution in [1.82, 2.24) is 19.5 Å². The molecule has 0 N–H and O–H groups in total. The van der Waals surface area contributed by atoms with Gasteiger partial charge in [0.15, 0.2) is 11.2 Å². The van der Waals surface area contributed by atoms with Crippen molar-refractivity contribution in [3.8, 4) is 0 Å². The van der Waals surface area contributed by atoms with Gasteiger partial charge in [0.05, 0.1) is 6.33 Å². The molecule has 0 amide bonds. The second kappa shape index (κ2) is 2.51. The Labute approximate surface area is 68.1 Å². The first-order valence-electron chi connectivity index (χ1n) is 3.64. The van der Waals surface area contributed by atoms with E-state index in [0.717, 1.165) is 6.54 Å². The van der Waals surface area contributed by atoms with E-state index in [1.54, 1.807) is 10.9 Å². The minimum absolute atomic E-state index is 0.236. The van der Waals surface area contributed by atoms with Gasteiger partial charge in [0, 0.05) is 6.54 Å². The molecule has 62 valence electrons. The minimum atomic E-state index is -0.563. The van der Waals surface area contributed by atoms with Crippen molar-refractivity contribution in [3.63, 3.8) is 0 Å². The van der Waals surface area contributed by atoms with E-state index in [1.165, 1.54) is 6.33 Å². The Morgan fingerprint density at radius 2 is 2.25 bits per heavy atom. The van der Waals surface area contributed by atoms with Gasteiger partial charge in [-0.3, -0.25) is 0 Å². The highest BCUT2D eigenvalue weighted by atomic mass is 19.1. The molecule has 2 rings (SSSR count). The fourth-order valence-corrected chi connectivity index (χ4v) is 1.08. The summed E-state index contributed by atoms with van der Waals surface area (Å²) in [4.78, 5) is 11.2. The highest BCUT2D eigenvalue weighted by Crippen LogP contribution is 2.10. The molecule has 0 radical (unpaired) electrons. The van der Waals surface area contributed by atoms with Crippen LogP contribution in [-0.2, 0) is 6.54 Å². The third kappa shape index (κ3) is 0.861. The van der Waals surface area contributed by atoms with E-state index in [1.807, 2.05) is 6.92 Å². The van der Waals surface area contributed by atoms with Crippen LogP contribution in [0.4, 0.5) is 4.39 Å². The van der Waals surface area contributed by atoms with E-state index in [2.05, 4.69) is 15.0 Å². The highest BCUT2D eigenvalue weighted by molar-refractivity contribution is 5.69. The maximum Gasteiger partial charge on any atom is 0.244 e. The van der Waals surface area contributed by atoms with E-state index in [4.69, 9.17) is 0 Å².